The van der Waals surface area contributed by atoms with Gasteiger partial charge in [-0.2, -0.15) is 0 Å². The van der Waals surface area contributed by atoms with Gasteiger partial charge < -0.3 is 10.6 Å². The highest BCUT2D eigenvalue weighted by atomic mass is 79.9. The quantitative estimate of drug-likeness (QED) is 0.778. The average molecular weight is 327 g/mol. The van der Waals surface area contributed by atoms with Crippen molar-refractivity contribution < 1.29 is 4.39 Å². The highest BCUT2D eigenvalue weighted by Gasteiger charge is 2.34. The summed E-state index contributed by atoms with van der Waals surface area (Å²) in [6.07, 6.45) is 7.80. The largest absolute Gasteiger partial charge is 0.397 e. The Balaban J connectivity index is 1.93. The van der Waals surface area contributed by atoms with Crippen LogP contribution in [0.15, 0.2) is 16.6 Å². The molecule has 1 aliphatic carbocycles. The Kier molecular flexibility index (Phi) is 3.70. The van der Waals surface area contributed by atoms with Crippen molar-refractivity contribution in [3.8, 4) is 0 Å². The highest BCUT2D eigenvalue weighted by Crippen LogP contribution is 2.40. The van der Waals surface area contributed by atoms with E-state index in [1.165, 1.54) is 44.6 Å². The van der Waals surface area contributed by atoms with Crippen LogP contribution >= 0.6 is 15.9 Å². The third kappa shape index (κ3) is 2.47. The van der Waals surface area contributed by atoms with Gasteiger partial charge in [0.1, 0.15) is 5.82 Å². The van der Waals surface area contributed by atoms with E-state index in [1.54, 1.807) is 0 Å². The number of anilines is 2. The molecule has 0 unspecified atom stereocenters. The summed E-state index contributed by atoms with van der Waals surface area (Å²) in [5.74, 6) is 0.518. The number of halogens is 2. The lowest BCUT2D eigenvalue weighted by molar-refractivity contribution is 0.244. The van der Waals surface area contributed by atoms with E-state index < -0.39 is 0 Å². The Morgan fingerprint density at radius 2 is 1.89 bits per heavy atom. The van der Waals surface area contributed by atoms with Gasteiger partial charge >= 0.3 is 0 Å². The van der Waals surface area contributed by atoms with Gasteiger partial charge in [0.15, 0.2) is 0 Å². The topological polar surface area (TPSA) is 29.3 Å². The van der Waals surface area contributed by atoms with Crippen LogP contribution in [0.4, 0.5) is 15.8 Å². The molecule has 1 aromatic carbocycles. The Bertz CT molecular complexity index is 475. The Morgan fingerprint density at radius 1 is 1.16 bits per heavy atom. The first kappa shape index (κ1) is 13.2. The number of nitrogens with zero attached hydrogens (tertiary/aromatic N) is 1. The molecule has 2 nitrogen and oxygen atoms in total. The van der Waals surface area contributed by atoms with Gasteiger partial charge in [-0.3, -0.25) is 0 Å². The van der Waals surface area contributed by atoms with Crippen molar-refractivity contribution >= 4 is 27.3 Å². The molecule has 1 saturated heterocycles. The third-order valence-corrected chi connectivity index (χ3v) is 5.23. The van der Waals surface area contributed by atoms with Gasteiger partial charge in [-0.1, -0.05) is 12.8 Å². The first-order valence-electron chi connectivity index (χ1n) is 7.18. The van der Waals surface area contributed by atoms with Crippen LogP contribution in [0.5, 0.6) is 0 Å². The summed E-state index contributed by atoms with van der Waals surface area (Å²) < 4.78 is 14.0. The number of benzene rings is 1. The Hall–Kier alpha value is -0.770. The maximum absolute atomic E-state index is 13.5. The van der Waals surface area contributed by atoms with E-state index in [1.807, 2.05) is 6.07 Å². The molecule has 0 spiro atoms. The second-order valence-corrected chi connectivity index (χ2v) is 6.63. The Labute approximate surface area is 122 Å². The van der Waals surface area contributed by atoms with Crippen LogP contribution in [-0.4, -0.2) is 12.6 Å². The molecule has 1 heterocycles. The van der Waals surface area contributed by atoms with Gasteiger partial charge in [0.25, 0.3) is 0 Å². The zero-order chi connectivity index (χ0) is 13.4. The number of nitrogen functional groups attached to an aromatic ring is 1. The van der Waals surface area contributed by atoms with Crippen molar-refractivity contribution in [2.75, 3.05) is 17.2 Å². The lowest BCUT2D eigenvalue weighted by Gasteiger charge is -2.45. The van der Waals surface area contributed by atoms with E-state index >= 15 is 0 Å². The highest BCUT2D eigenvalue weighted by molar-refractivity contribution is 9.10. The molecule has 19 heavy (non-hydrogen) atoms. The monoisotopic (exact) mass is 326 g/mol. The predicted octanol–water partition coefficient (Wildman–Crippen LogP) is 4.33. The molecule has 1 aliphatic heterocycles. The molecular formula is C15H20BrFN2. The van der Waals surface area contributed by atoms with Crippen molar-refractivity contribution in [1.29, 1.82) is 0 Å². The average Bonchev–Trinajstić information content (AvgIpc) is 2.42. The Morgan fingerprint density at radius 3 is 2.74 bits per heavy atom. The fraction of sp³-hybridized carbons (Fsp3) is 0.600. The van der Waals surface area contributed by atoms with Gasteiger partial charge in [0.2, 0.25) is 0 Å². The van der Waals surface area contributed by atoms with Crippen LogP contribution in [0.3, 0.4) is 0 Å². The minimum atomic E-state index is -0.279. The summed E-state index contributed by atoms with van der Waals surface area (Å²) in [6, 6.07) is 3.88. The SMILES string of the molecule is Nc1cc(F)c(Br)cc1N1CCC[C@H]2CCCC[C@H]21. The second kappa shape index (κ2) is 5.31. The zero-order valence-corrected chi connectivity index (χ0v) is 12.6. The van der Waals surface area contributed by atoms with Crippen LogP contribution in [0.2, 0.25) is 0 Å². The minimum Gasteiger partial charge on any atom is -0.397 e. The summed E-state index contributed by atoms with van der Waals surface area (Å²) in [5.41, 5.74) is 7.61. The van der Waals surface area contributed by atoms with Crippen molar-refractivity contribution in [2.24, 2.45) is 5.92 Å². The molecule has 2 atom stereocenters. The van der Waals surface area contributed by atoms with Gasteiger partial charge in [0, 0.05) is 18.7 Å². The van der Waals surface area contributed by atoms with E-state index in [9.17, 15) is 4.39 Å². The molecule has 1 aromatic rings. The maximum atomic E-state index is 13.5. The first-order valence-corrected chi connectivity index (χ1v) is 7.97. The molecule has 3 rings (SSSR count). The lowest BCUT2D eigenvalue weighted by Crippen LogP contribution is -2.47. The number of hydrogen-bond acceptors (Lipinski definition) is 2. The van der Waals surface area contributed by atoms with E-state index in [0.29, 0.717) is 16.2 Å². The molecular weight excluding hydrogens is 307 g/mol. The van der Waals surface area contributed by atoms with Gasteiger partial charge in [-0.05, 0) is 53.6 Å². The van der Waals surface area contributed by atoms with E-state index in [4.69, 9.17) is 5.73 Å². The van der Waals surface area contributed by atoms with Gasteiger partial charge in [-0.15, -0.1) is 0 Å². The number of piperidine rings is 1. The standard InChI is InChI=1S/C15H20BrFN2/c16-11-8-15(13(18)9-12(11)17)19-7-3-5-10-4-1-2-6-14(10)19/h8-10,14H,1-7,18H2/t10-,14-/m1/s1. The third-order valence-electron chi connectivity index (χ3n) is 4.62. The predicted molar refractivity (Wildman–Crippen MR) is 80.8 cm³/mol. The molecule has 0 aromatic heterocycles. The van der Waals surface area contributed by atoms with Crippen LogP contribution in [0.1, 0.15) is 38.5 Å². The molecule has 104 valence electrons. The molecule has 0 radical (unpaired) electrons. The first-order chi connectivity index (χ1) is 9.16. The van der Waals surface area contributed by atoms with Crippen LogP contribution in [0, 0.1) is 11.7 Å². The van der Waals surface area contributed by atoms with Crippen molar-refractivity contribution in [3.63, 3.8) is 0 Å². The maximum Gasteiger partial charge on any atom is 0.139 e. The summed E-state index contributed by atoms with van der Waals surface area (Å²) in [5, 5.41) is 0. The normalized spacial score (nSPS) is 27.2. The summed E-state index contributed by atoms with van der Waals surface area (Å²) >= 11 is 3.28. The summed E-state index contributed by atoms with van der Waals surface area (Å²) in [4.78, 5) is 2.42. The molecule has 0 bridgehead atoms. The fourth-order valence-electron chi connectivity index (χ4n) is 3.72. The van der Waals surface area contributed by atoms with Crippen molar-refractivity contribution in [1.82, 2.24) is 0 Å². The molecule has 2 fully saturated rings. The van der Waals surface area contributed by atoms with Crippen LogP contribution in [-0.2, 0) is 0 Å². The van der Waals surface area contributed by atoms with E-state index in [0.717, 1.165) is 18.2 Å². The molecule has 1 saturated carbocycles. The molecule has 4 heteroatoms. The van der Waals surface area contributed by atoms with Gasteiger partial charge in [0.05, 0.1) is 15.8 Å². The lowest BCUT2D eigenvalue weighted by atomic mass is 9.78. The molecule has 2 aliphatic rings. The summed E-state index contributed by atoms with van der Waals surface area (Å²) in [6.45, 7) is 1.05. The molecule has 0 amide bonds. The fourth-order valence-corrected chi connectivity index (χ4v) is 4.06. The van der Waals surface area contributed by atoms with E-state index in [-0.39, 0.29) is 5.82 Å². The number of rotatable bonds is 1. The number of fused-ring (bicyclic) bond motifs is 1. The minimum absolute atomic E-state index is 0.279. The van der Waals surface area contributed by atoms with Crippen LogP contribution in [0.25, 0.3) is 0 Å². The second-order valence-electron chi connectivity index (χ2n) is 5.77. The van der Waals surface area contributed by atoms with Crippen LogP contribution < -0.4 is 10.6 Å². The number of nitrogens with two attached hydrogens (primary N) is 1. The van der Waals surface area contributed by atoms with Crippen molar-refractivity contribution in [2.45, 2.75) is 44.6 Å². The van der Waals surface area contributed by atoms with E-state index in [2.05, 4.69) is 20.8 Å². The summed E-state index contributed by atoms with van der Waals surface area (Å²) in [7, 11) is 0. The van der Waals surface area contributed by atoms with Gasteiger partial charge in [-0.25, -0.2) is 4.39 Å². The van der Waals surface area contributed by atoms with Crippen molar-refractivity contribution in [3.05, 3.63) is 22.4 Å². The smallest absolute Gasteiger partial charge is 0.139 e. The number of hydrogen-bond donors (Lipinski definition) is 1. The zero-order valence-electron chi connectivity index (χ0n) is 11.0. The molecule has 2 N–H and O–H groups in total.